The van der Waals surface area contributed by atoms with Crippen molar-refractivity contribution in [1.82, 2.24) is 9.55 Å². The van der Waals surface area contributed by atoms with E-state index in [-0.39, 0.29) is 5.41 Å². The van der Waals surface area contributed by atoms with Gasteiger partial charge < -0.3 is 4.57 Å². The van der Waals surface area contributed by atoms with Crippen LogP contribution < -0.4 is 0 Å². The average Bonchev–Trinajstić information content (AvgIpc) is 2.29. The molecule has 0 atom stereocenters. The maximum atomic E-state index is 4.45. The minimum absolute atomic E-state index is 0.180. The third-order valence-electron chi connectivity index (χ3n) is 2.81. The van der Waals surface area contributed by atoms with Gasteiger partial charge in [0.1, 0.15) is 5.82 Å². The van der Waals surface area contributed by atoms with Crippen molar-refractivity contribution in [3.05, 3.63) is 18.2 Å². The van der Waals surface area contributed by atoms with Crippen molar-refractivity contribution in [1.29, 1.82) is 0 Å². The lowest BCUT2D eigenvalue weighted by Crippen LogP contribution is -2.25. The first kappa shape index (κ1) is 8.79. The summed E-state index contributed by atoms with van der Waals surface area (Å²) in [5.74, 6) is 1.23. The number of hydrogen-bond acceptors (Lipinski definition) is 1. The molecule has 0 aromatic carbocycles. The van der Waals surface area contributed by atoms with E-state index in [9.17, 15) is 0 Å². The van der Waals surface area contributed by atoms with E-state index in [0.717, 1.165) is 6.04 Å². The van der Waals surface area contributed by atoms with Crippen molar-refractivity contribution < 1.29 is 0 Å². The second-order valence-corrected chi connectivity index (χ2v) is 4.99. The molecule has 13 heavy (non-hydrogen) atoms. The van der Waals surface area contributed by atoms with Crippen LogP contribution in [-0.2, 0) is 5.41 Å². The fourth-order valence-electron chi connectivity index (χ4n) is 1.85. The molecular weight excluding hydrogens is 160 g/mol. The molecular formula is C11H18N2. The maximum Gasteiger partial charge on any atom is 0.114 e. The van der Waals surface area contributed by atoms with E-state index in [2.05, 4.69) is 36.5 Å². The van der Waals surface area contributed by atoms with E-state index in [1.54, 1.807) is 0 Å². The summed E-state index contributed by atoms with van der Waals surface area (Å²) in [5.41, 5.74) is 0.180. The fourth-order valence-corrected chi connectivity index (χ4v) is 1.85. The van der Waals surface area contributed by atoms with Crippen LogP contribution in [0.4, 0.5) is 0 Å². The molecule has 1 fully saturated rings. The van der Waals surface area contributed by atoms with Crippen LogP contribution in [0.3, 0.4) is 0 Å². The number of rotatable bonds is 1. The van der Waals surface area contributed by atoms with Crippen LogP contribution >= 0.6 is 0 Å². The summed E-state index contributed by atoms with van der Waals surface area (Å²) < 4.78 is 2.36. The van der Waals surface area contributed by atoms with Gasteiger partial charge >= 0.3 is 0 Å². The Bertz CT molecular complexity index is 289. The normalized spacial score (nSPS) is 18.7. The van der Waals surface area contributed by atoms with E-state index < -0.39 is 0 Å². The Morgan fingerprint density at radius 1 is 1.38 bits per heavy atom. The van der Waals surface area contributed by atoms with Crippen molar-refractivity contribution >= 4 is 0 Å². The van der Waals surface area contributed by atoms with Crippen LogP contribution in [-0.4, -0.2) is 9.55 Å². The highest BCUT2D eigenvalue weighted by molar-refractivity contribution is 5.07. The van der Waals surface area contributed by atoms with E-state index in [0.29, 0.717) is 0 Å². The van der Waals surface area contributed by atoms with Crippen molar-refractivity contribution in [2.45, 2.75) is 51.5 Å². The molecule has 2 heteroatoms. The molecule has 0 N–H and O–H groups in total. The van der Waals surface area contributed by atoms with Gasteiger partial charge in [0.2, 0.25) is 0 Å². The molecule has 72 valence electrons. The predicted molar refractivity (Wildman–Crippen MR) is 53.8 cm³/mol. The highest BCUT2D eigenvalue weighted by Gasteiger charge is 2.26. The summed E-state index contributed by atoms with van der Waals surface area (Å²) in [5, 5.41) is 0. The lowest BCUT2D eigenvalue weighted by atomic mass is 9.90. The number of hydrogen-bond donors (Lipinski definition) is 0. The summed E-state index contributed by atoms with van der Waals surface area (Å²) in [4.78, 5) is 4.45. The smallest absolute Gasteiger partial charge is 0.114 e. The van der Waals surface area contributed by atoms with Gasteiger partial charge in [-0.2, -0.15) is 0 Å². The van der Waals surface area contributed by atoms with Crippen molar-refractivity contribution in [2.24, 2.45) is 0 Å². The first-order valence-electron chi connectivity index (χ1n) is 5.12. The number of nitrogens with zero attached hydrogens (tertiary/aromatic N) is 2. The lowest BCUT2D eigenvalue weighted by molar-refractivity contribution is 0.293. The zero-order valence-electron chi connectivity index (χ0n) is 8.75. The van der Waals surface area contributed by atoms with E-state index in [4.69, 9.17) is 0 Å². The molecule has 1 aliphatic carbocycles. The maximum absolute atomic E-state index is 4.45. The van der Waals surface area contributed by atoms with Crippen molar-refractivity contribution in [2.75, 3.05) is 0 Å². The molecule has 0 radical (unpaired) electrons. The highest BCUT2D eigenvalue weighted by Crippen LogP contribution is 2.34. The Hall–Kier alpha value is -0.790. The Balaban J connectivity index is 2.30. The highest BCUT2D eigenvalue weighted by atomic mass is 15.1. The third-order valence-corrected chi connectivity index (χ3v) is 2.81. The molecule has 1 aromatic heterocycles. The van der Waals surface area contributed by atoms with Crippen molar-refractivity contribution in [3.8, 4) is 0 Å². The van der Waals surface area contributed by atoms with Gasteiger partial charge in [0.15, 0.2) is 0 Å². The molecule has 1 aromatic rings. The van der Waals surface area contributed by atoms with E-state index in [1.807, 2.05) is 6.20 Å². The average molecular weight is 178 g/mol. The van der Waals surface area contributed by atoms with Gasteiger partial charge in [-0.3, -0.25) is 0 Å². The molecule has 1 aliphatic rings. The molecule has 0 unspecified atom stereocenters. The first-order valence-corrected chi connectivity index (χ1v) is 5.12. The predicted octanol–water partition coefficient (Wildman–Crippen LogP) is 2.91. The SMILES string of the molecule is CC(C)(C)c1nccn1C1CCC1. The van der Waals surface area contributed by atoms with Gasteiger partial charge in [0.05, 0.1) is 0 Å². The summed E-state index contributed by atoms with van der Waals surface area (Å²) in [6, 6.07) is 0.733. The number of aromatic nitrogens is 2. The quantitative estimate of drug-likeness (QED) is 0.646. The zero-order chi connectivity index (χ0) is 9.47. The van der Waals surface area contributed by atoms with Crippen LogP contribution in [0.15, 0.2) is 12.4 Å². The largest absolute Gasteiger partial charge is 0.331 e. The summed E-state index contributed by atoms with van der Waals surface area (Å²) >= 11 is 0. The van der Waals surface area contributed by atoms with Gasteiger partial charge in [-0.05, 0) is 19.3 Å². The Labute approximate surface area is 80.0 Å². The molecule has 0 aliphatic heterocycles. The van der Waals surface area contributed by atoms with Gasteiger partial charge in [-0.15, -0.1) is 0 Å². The van der Waals surface area contributed by atoms with E-state index >= 15 is 0 Å². The second kappa shape index (κ2) is 2.86. The number of imidazole rings is 1. The molecule has 0 amide bonds. The Morgan fingerprint density at radius 3 is 2.54 bits per heavy atom. The molecule has 0 saturated heterocycles. The molecule has 1 heterocycles. The monoisotopic (exact) mass is 178 g/mol. The molecule has 0 bridgehead atoms. The first-order chi connectivity index (χ1) is 6.09. The van der Waals surface area contributed by atoms with Crippen LogP contribution in [0.1, 0.15) is 51.9 Å². The molecule has 2 nitrogen and oxygen atoms in total. The van der Waals surface area contributed by atoms with Crippen molar-refractivity contribution in [3.63, 3.8) is 0 Å². The Morgan fingerprint density at radius 2 is 2.08 bits per heavy atom. The van der Waals surface area contributed by atoms with Crippen LogP contribution in [0.25, 0.3) is 0 Å². The minimum Gasteiger partial charge on any atom is -0.331 e. The third kappa shape index (κ3) is 1.50. The van der Waals surface area contributed by atoms with E-state index in [1.165, 1.54) is 25.1 Å². The Kier molecular flexibility index (Phi) is 1.94. The van der Waals surface area contributed by atoms with Gasteiger partial charge in [-0.1, -0.05) is 20.8 Å². The zero-order valence-corrected chi connectivity index (χ0v) is 8.75. The molecule has 2 rings (SSSR count). The molecule has 0 spiro atoms. The second-order valence-electron chi connectivity index (χ2n) is 4.99. The minimum atomic E-state index is 0.180. The van der Waals surface area contributed by atoms with Gasteiger partial charge in [0, 0.05) is 23.9 Å². The van der Waals surface area contributed by atoms with Crippen LogP contribution in [0.2, 0.25) is 0 Å². The molecule has 1 saturated carbocycles. The summed E-state index contributed by atoms with van der Waals surface area (Å²) in [7, 11) is 0. The summed E-state index contributed by atoms with van der Waals surface area (Å²) in [6.45, 7) is 6.68. The summed E-state index contributed by atoms with van der Waals surface area (Å²) in [6.07, 6.45) is 8.11. The van der Waals surface area contributed by atoms with Gasteiger partial charge in [0.25, 0.3) is 0 Å². The van der Waals surface area contributed by atoms with Crippen LogP contribution in [0, 0.1) is 0 Å². The standard InChI is InChI=1S/C11H18N2/c1-11(2,3)10-12-7-8-13(10)9-5-4-6-9/h7-9H,4-6H2,1-3H3. The topological polar surface area (TPSA) is 17.8 Å². The lowest BCUT2D eigenvalue weighted by Gasteiger charge is -2.31. The fraction of sp³-hybridized carbons (Fsp3) is 0.727. The van der Waals surface area contributed by atoms with Crippen LogP contribution in [0.5, 0.6) is 0 Å². The van der Waals surface area contributed by atoms with Gasteiger partial charge in [-0.25, -0.2) is 4.98 Å².